The van der Waals surface area contributed by atoms with Gasteiger partial charge in [-0.25, -0.2) is 0 Å². The second-order valence-electron chi connectivity index (χ2n) is 3.50. The molecule has 4 nitrogen and oxygen atoms in total. The Morgan fingerprint density at radius 1 is 1.64 bits per heavy atom. The van der Waals surface area contributed by atoms with E-state index in [4.69, 9.17) is 4.42 Å². The third kappa shape index (κ3) is 2.88. The van der Waals surface area contributed by atoms with Crippen LogP contribution in [0.25, 0.3) is 0 Å². The van der Waals surface area contributed by atoms with Gasteiger partial charge >= 0.3 is 0 Å². The Morgan fingerprint density at radius 2 is 2.36 bits per heavy atom. The number of hydrogen-bond acceptors (Lipinski definition) is 3. The summed E-state index contributed by atoms with van der Waals surface area (Å²) in [5, 5.41) is 12.0. The zero-order chi connectivity index (χ0) is 10.6. The van der Waals surface area contributed by atoms with Crippen LogP contribution >= 0.6 is 0 Å². The minimum Gasteiger partial charge on any atom is -0.459 e. The van der Waals surface area contributed by atoms with Crippen LogP contribution in [0.4, 0.5) is 0 Å². The largest absolute Gasteiger partial charge is 0.459 e. The molecule has 0 saturated heterocycles. The average molecular weight is 197 g/mol. The zero-order valence-electron chi connectivity index (χ0n) is 8.36. The highest BCUT2D eigenvalue weighted by atomic mass is 16.3. The van der Waals surface area contributed by atoms with Gasteiger partial charge in [0.2, 0.25) is 0 Å². The smallest absolute Gasteiger partial charge is 0.287 e. The molecule has 0 saturated carbocycles. The van der Waals surface area contributed by atoms with Gasteiger partial charge in [-0.1, -0.05) is 13.8 Å². The van der Waals surface area contributed by atoms with Crippen molar-refractivity contribution in [3.05, 3.63) is 24.2 Å². The highest BCUT2D eigenvalue weighted by Gasteiger charge is 2.12. The van der Waals surface area contributed by atoms with E-state index in [1.165, 1.54) is 6.26 Å². The van der Waals surface area contributed by atoms with Crippen LogP contribution in [0.15, 0.2) is 22.8 Å². The topological polar surface area (TPSA) is 62.5 Å². The van der Waals surface area contributed by atoms with Crippen molar-refractivity contribution in [1.82, 2.24) is 5.32 Å². The van der Waals surface area contributed by atoms with Crippen molar-refractivity contribution in [2.75, 3.05) is 6.54 Å². The Bertz CT molecular complexity index is 280. The molecule has 2 N–H and O–H groups in total. The van der Waals surface area contributed by atoms with Gasteiger partial charge in [-0.3, -0.25) is 4.79 Å². The fourth-order valence-electron chi connectivity index (χ4n) is 0.928. The molecule has 0 bridgehead atoms. The van der Waals surface area contributed by atoms with E-state index in [-0.39, 0.29) is 24.1 Å². The molecular formula is C10H15NO3. The molecule has 0 radical (unpaired) electrons. The number of furan rings is 1. The summed E-state index contributed by atoms with van der Waals surface area (Å²) >= 11 is 0. The monoisotopic (exact) mass is 197 g/mol. The maximum absolute atomic E-state index is 11.3. The zero-order valence-corrected chi connectivity index (χ0v) is 8.36. The van der Waals surface area contributed by atoms with E-state index in [0.29, 0.717) is 0 Å². The average Bonchev–Trinajstić information content (AvgIpc) is 2.66. The number of aliphatic hydroxyl groups is 1. The second kappa shape index (κ2) is 4.81. The van der Waals surface area contributed by atoms with Crippen LogP contribution in [0.2, 0.25) is 0 Å². The van der Waals surface area contributed by atoms with Crippen molar-refractivity contribution in [2.24, 2.45) is 5.92 Å². The molecule has 1 rings (SSSR count). The Hall–Kier alpha value is -1.29. The lowest BCUT2D eigenvalue weighted by molar-refractivity contribution is 0.0847. The predicted octanol–water partition coefficient (Wildman–Crippen LogP) is 1.03. The molecule has 1 aromatic rings. The summed E-state index contributed by atoms with van der Waals surface area (Å²) < 4.78 is 4.89. The number of aliphatic hydroxyl groups excluding tert-OH is 1. The lowest BCUT2D eigenvalue weighted by Crippen LogP contribution is -2.34. The van der Waals surface area contributed by atoms with Crippen molar-refractivity contribution in [2.45, 2.75) is 20.0 Å². The number of carbonyl (C=O) groups excluding carboxylic acids is 1. The molecule has 1 aromatic heterocycles. The molecule has 0 aliphatic carbocycles. The Balaban J connectivity index is 2.36. The van der Waals surface area contributed by atoms with Crippen molar-refractivity contribution in [3.8, 4) is 0 Å². The van der Waals surface area contributed by atoms with Gasteiger partial charge in [0.25, 0.3) is 5.91 Å². The van der Waals surface area contributed by atoms with Crippen LogP contribution in [0.1, 0.15) is 24.4 Å². The molecule has 0 aromatic carbocycles. The molecule has 0 aliphatic heterocycles. The van der Waals surface area contributed by atoms with Crippen molar-refractivity contribution < 1.29 is 14.3 Å². The van der Waals surface area contributed by atoms with Gasteiger partial charge in [-0.05, 0) is 18.1 Å². The third-order valence-electron chi connectivity index (χ3n) is 1.99. The molecule has 4 heteroatoms. The maximum atomic E-state index is 11.3. The molecule has 0 spiro atoms. The van der Waals surface area contributed by atoms with Gasteiger partial charge in [0.05, 0.1) is 12.4 Å². The second-order valence-corrected chi connectivity index (χ2v) is 3.50. The lowest BCUT2D eigenvalue weighted by Gasteiger charge is -2.14. The van der Waals surface area contributed by atoms with Gasteiger partial charge in [0, 0.05) is 6.54 Å². The Morgan fingerprint density at radius 3 is 2.86 bits per heavy atom. The fourth-order valence-corrected chi connectivity index (χ4v) is 0.928. The van der Waals surface area contributed by atoms with Gasteiger partial charge in [-0.2, -0.15) is 0 Å². The minimum absolute atomic E-state index is 0.131. The summed E-state index contributed by atoms with van der Waals surface area (Å²) in [7, 11) is 0. The molecule has 1 atom stereocenters. The molecule has 0 fully saturated rings. The number of amides is 1. The van der Waals surface area contributed by atoms with E-state index < -0.39 is 6.10 Å². The van der Waals surface area contributed by atoms with E-state index in [9.17, 15) is 9.90 Å². The first-order valence-electron chi connectivity index (χ1n) is 4.61. The third-order valence-corrected chi connectivity index (χ3v) is 1.99. The first-order chi connectivity index (χ1) is 6.61. The molecule has 1 amide bonds. The van der Waals surface area contributed by atoms with Gasteiger partial charge in [-0.15, -0.1) is 0 Å². The molecule has 0 aliphatic rings. The molecule has 14 heavy (non-hydrogen) atoms. The number of carbonyl (C=O) groups is 1. The van der Waals surface area contributed by atoms with Gasteiger partial charge in [0.15, 0.2) is 5.76 Å². The van der Waals surface area contributed by atoms with Crippen LogP contribution in [0, 0.1) is 5.92 Å². The van der Waals surface area contributed by atoms with Gasteiger partial charge < -0.3 is 14.8 Å². The number of nitrogens with one attached hydrogen (secondary N) is 1. The lowest BCUT2D eigenvalue weighted by atomic mass is 10.1. The van der Waals surface area contributed by atoms with Crippen LogP contribution in [-0.2, 0) is 0 Å². The Labute approximate surface area is 82.9 Å². The van der Waals surface area contributed by atoms with Crippen LogP contribution in [0.3, 0.4) is 0 Å². The first kappa shape index (κ1) is 10.8. The van der Waals surface area contributed by atoms with Crippen LogP contribution in [0.5, 0.6) is 0 Å². The maximum Gasteiger partial charge on any atom is 0.287 e. The van der Waals surface area contributed by atoms with E-state index in [1.807, 2.05) is 13.8 Å². The summed E-state index contributed by atoms with van der Waals surface area (Å²) in [5.41, 5.74) is 0. The highest BCUT2D eigenvalue weighted by Crippen LogP contribution is 2.01. The first-order valence-corrected chi connectivity index (χ1v) is 4.61. The standard InChI is InChI=1S/C10H15NO3/c1-7(2)8(12)6-11-10(13)9-4-3-5-14-9/h3-5,7-8,12H,6H2,1-2H3,(H,11,13). The van der Waals surface area contributed by atoms with Crippen LogP contribution < -0.4 is 5.32 Å². The SMILES string of the molecule is CC(C)C(O)CNC(=O)c1ccco1. The fraction of sp³-hybridized carbons (Fsp3) is 0.500. The number of rotatable bonds is 4. The molecule has 78 valence electrons. The summed E-state index contributed by atoms with van der Waals surface area (Å²) in [5.74, 6) is 0.0996. The summed E-state index contributed by atoms with van der Waals surface area (Å²) in [6.45, 7) is 4.03. The minimum atomic E-state index is -0.520. The van der Waals surface area contributed by atoms with Crippen molar-refractivity contribution in [3.63, 3.8) is 0 Å². The number of hydrogen-bond donors (Lipinski definition) is 2. The normalized spacial score (nSPS) is 12.9. The Kier molecular flexibility index (Phi) is 3.71. The highest BCUT2D eigenvalue weighted by molar-refractivity contribution is 5.91. The van der Waals surface area contributed by atoms with E-state index in [1.54, 1.807) is 12.1 Å². The predicted molar refractivity (Wildman–Crippen MR) is 51.9 cm³/mol. The molecule has 1 heterocycles. The van der Waals surface area contributed by atoms with E-state index in [2.05, 4.69) is 5.32 Å². The summed E-state index contributed by atoms with van der Waals surface area (Å²) in [6, 6.07) is 3.23. The van der Waals surface area contributed by atoms with Gasteiger partial charge in [0.1, 0.15) is 0 Å². The van der Waals surface area contributed by atoms with E-state index >= 15 is 0 Å². The van der Waals surface area contributed by atoms with Crippen molar-refractivity contribution >= 4 is 5.91 Å². The summed E-state index contributed by atoms with van der Waals surface area (Å²) in [4.78, 5) is 11.3. The molecular weight excluding hydrogens is 182 g/mol. The quantitative estimate of drug-likeness (QED) is 0.757. The summed E-state index contributed by atoms with van der Waals surface area (Å²) in [6.07, 6.45) is 0.919. The molecule has 1 unspecified atom stereocenters. The van der Waals surface area contributed by atoms with Crippen molar-refractivity contribution in [1.29, 1.82) is 0 Å². The van der Waals surface area contributed by atoms with E-state index in [0.717, 1.165) is 0 Å². The van der Waals surface area contributed by atoms with Crippen LogP contribution in [-0.4, -0.2) is 23.7 Å².